The SMILES string of the molecule is CC(CC(=O)O)n1nnnc1CCN1CCCC1. The van der Waals surface area contributed by atoms with Gasteiger partial charge in [-0.25, -0.2) is 4.68 Å². The number of tetrazole rings is 1. The van der Waals surface area contributed by atoms with E-state index in [4.69, 9.17) is 5.11 Å². The summed E-state index contributed by atoms with van der Waals surface area (Å²) in [5, 5.41) is 20.3. The molecule has 1 aromatic heterocycles. The molecule has 100 valence electrons. The van der Waals surface area contributed by atoms with E-state index in [1.54, 1.807) is 4.68 Å². The van der Waals surface area contributed by atoms with Gasteiger partial charge in [-0.2, -0.15) is 0 Å². The van der Waals surface area contributed by atoms with E-state index in [-0.39, 0.29) is 12.5 Å². The molecule has 1 atom stereocenters. The summed E-state index contributed by atoms with van der Waals surface area (Å²) in [6.45, 7) is 5.06. The van der Waals surface area contributed by atoms with Gasteiger partial charge < -0.3 is 10.0 Å². The fourth-order valence-corrected chi connectivity index (χ4v) is 2.32. The molecule has 1 saturated heterocycles. The van der Waals surface area contributed by atoms with Crippen LogP contribution < -0.4 is 0 Å². The van der Waals surface area contributed by atoms with Gasteiger partial charge in [-0.05, 0) is 43.3 Å². The predicted octanol–water partition coefficient (Wildman–Crippen LogP) is 0.347. The Morgan fingerprint density at radius 3 is 2.83 bits per heavy atom. The highest BCUT2D eigenvalue weighted by atomic mass is 16.4. The average Bonchev–Trinajstić information content (AvgIpc) is 2.96. The van der Waals surface area contributed by atoms with Gasteiger partial charge in [-0.3, -0.25) is 4.79 Å². The molecule has 2 heterocycles. The smallest absolute Gasteiger partial charge is 0.305 e. The Labute approximate surface area is 106 Å². The van der Waals surface area contributed by atoms with Gasteiger partial charge in [0, 0.05) is 13.0 Å². The number of carboxylic acids is 1. The first-order valence-electron chi connectivity index (χ1n) is 6.37. The number of aliphatic carboxylic acids is 1. The van der Waals surface area contributed by atoms with Crippen molar-refractivity contribution < 1.29 is 9.90 Å². The molecule has 1 unspecified atom stereocenters. The maximum absolute atomic E-state index is 10.7. The van der Waals surface area contributed by atoms with Crippen LogP contribution in [0.4, 0.5) is 0 Å². The first-order valence-corrected chi connectivity index (χ1v) is 6.37. The monoisotopic (exact) mass is 253 g/mol. The standard InChI is InChI=1S/C11H19N5O2/c1-9(8-11(17)18)16-10(12-13-14-16)4-7-15-5-2-3-6-15/h9H,2-8H2,1H3,(H,17,18). The van der Waals surface area contributed by atoms with Gasteiger partial charge >= 0.3 is 5.97 Å². The molecule has 1 N–H and O–H groups in total. The summed E-state index contributed by atoms with van der Waals surface area (Å²) >= 11 is 0. The molecule has 18 heavy (non-hydrogen) atoms. The van der Waals surface area contributed by atoms with Crippen molar-refractivity contribution in [1.29, 1.82) is 0 Å². The molecular weight excluding hydrogens is 234 g/mol. The van der Waals surface area contributed by atoms with Crippen molar-refractivity contribution in [1.82, 2.24) is 25.1 Å². The van der Waals surface area contributed by atoms with Gasteiger partial charge in [0.1, 0.15) is 0 Å². The van der Waals surface area contributed by atoms with Crippen molar-refractivity contribution >= 4 is 5.97 Å². The van der Waals surface area contributed by atoms with Crippen LogP contribution in [0.2, 0.25) is 0 Å². The highest BCUT2D eigenvalue weighted by Gasteiger charge is 2.17. The number of hydrogen-bond donors (Lipinski definition) is 1. The molecule has 0 radical (unpaired) electrons. The lowest BCUT2D eigenvalue weighted by molar-refractivity contribution is -0.137. The topological polar surface area (TPSA) is 84.1 Å². The van der Waals surface area contributed by atoms with Gasteiger partial charge in [0.15, 0.2) is 5.82 Å². The van der Waals surface area contributed by atoms with Crippen molar-refractivity contribution in [3.8, 4) is 0 Å². The molecule has 1 aliphatic rings. The molecule has 1 fully saturated rings. The third-order valence-electron chi connectivity index (χ3n) is 3.30. The Balaban J connectivity index is 1.91. The van der Waals surface area contributed by atoms with Crippen LogP contribution in [-0.4, -0.2) is 55.8 Å². The molecule has 0 bridgehead atoms. The van der Waals surface area contributed by atoms with Crippen LogP contribution in [-0.2, 0) is 11.2 Å². The highest BCUT2D eigenvalue weighted by Crippen LogP contribution is 2.12. The van der Waals surface area contributed by atoms with Crippen molar-refractivity contribution in [3.63, 3.8) is 0 Å². The summed E-state index contributed by atoms with van der Waals surface area (Å²) in [7, 11) is 0. The summed E-state index contributed by atoms with van der Waals surface area (Å²) in [5.74, 6) is -0.0563. The first-order chi connectivity index (χ1) is 8.66. The van der Waals surface area contributed by atoms with E-state index < -0.39 is 5.97 Å². The molecule has 1 aromatic rings. The summed E-state index contributed by atoms with van der Waals surface area (Å²) in [6.07, 6.45) is 3.35. The Bertz CT molecular complexity index is 400. The van der Waals surface area contributed by atoms with Gasteiger partial charge in [0.2, 0.25) is 0 Å². The number of carbonyl (C=O) groups is 1. The highest BCUT2D eigenvalue weighted by molar-refractivity contribution is 5.67. The quantitative estimate of drug-likeness (QED) is 0.787. The summed E-state index contributed by atoms with van der Waals surface area (Å²) < 4.78 is 1.63. The molecule has 7 heteroatoms. The average molecular weight is 253 g/mol. The Hall–Kier alpha value is -1.50. The summed E-state index contributed by atoms with van der Waals surface area (Å²) in [4.78, 5) is 13.1. The largest absolute Gasteiger partial charge is 0.481 e. The van der Waals surface area contributed by atoms with E-state index in [9.17, 15) is 4.79 Å². The lowest BCUT2D eigenvalue weighted by Gasteiger charge is -2.15. The van der Waals surface area contributed by atoms with Crippen molar-refractivity contribution in [2.75, 3.05) is 19.6 Å². The van der Waals surface area contributed by atoms with E-state index in [1.807, 2.05) is 6.92 Å². The summed E-state index contributed by atoms with van der Waals surface area (Å²) in [5.41, 5.74) is 0. The normalized spacial score (nSPS) is 18.1. The fraction of sp³-hybridized carbons (Fsp3) is 0.818. The zero-order chi connectivity index (χ0) is 13.0. The second kappa shape index (κ2) is 5.90. The predicted molar refractivity (Wildman–Crippen MR) is 64.2 cm³/mol. The number of rotatable bonds is 6. The van der Waals surface area contributed by atoms with E-state index in [0.717, 1.165) is 31.9 Å². The van der Waals surface area contributed by atoms with E-state index in [2.05, 4.69) is 20.4 Å². The van der Waals surface area contributed by atoms with Crippen molar-refractivity contribution in [2.24, 2.45) is 0 Å². The van der Waals surface area contributed by atoms with E-state index >= 15 is 0 Å². The van der Waals surface area contributed by atoms with E-state index in [1.165, 1.54) is 12.8 Å². The van der Waals surface area contributed by atoms with Crippen LogP contribution >= 0.6 is 0 Å². The lowest BCUT2D eigenvalue weighted by Crippen LogP contribution is -2.24. The number of hydrogen-bond acceptors (Lipinski definition) is 5. The van der Waals surface area contributed by atoms with Gasteiger partial charge in [-0.15, -0.1) is 5.10 Å². The second-order valence-corrected chi connectivity index (χ2v) is 4.79. The van der Waals surface area contributed by atoms with Crippen LogP contribution in [0, 0.1) is 0 Å². The van der Waals surface area contributed by atoms with Crippen LogP contribution in [0.15, 0.2) is 0 Å². The summed E-state index contributed by atoms with van der Waals surface area (Å²) in [6, 6.07) is -0.203. The van der Waals surface area contributed by atoms with Crippen molar-refractivity contribution in [2.45, 2.75) is 38.6 Å². The lowest BCUT2D eigenvalue weighted by atomic mass is 10.2. The molecule has 0 aromatic carbocycles. The number of carboxylic acid groups (broad SMARTS) is 1. The maximum atomic E-state index is 10.7. The molecule has 1 aliphatic heterocycles. The van der Waals surface area contributed by atoms with Crippen LogP contribution in [0.5, 0.6) is 0 Å². The van der Waals surface area contributed by atoms with E-state index in [0.29, 0.717) is 0 Å². The van der Waals surface area contributed by atoms with Crippen molar-refractivity contribution in [3.05, 3.63) is 5.82 Å². The number of nitrogens with zero attached hydrogens (tertiary/aromatic N) is 5. The molecule has 0 aliphatic carbocycles. The molecule has 7 nitrogen and oxygen atoms in total. The first kappa shape index (κ1) is 12.9. The third-order valence-corrected chi connectivity index (χ3v) is 3.30. The van der Waals surface area contributed by atoms with Crippen LogP contribution in [0.1, 0.15) is 38.1 Å². The Kier molecular flexibility index (Phi) is 4.24. The molecule has 0 spiro atoms. The molecule has 2 rings (SSSR count). The third kappa shape index (κ3) is 3.25. The maximum Gasteiger partial charge on any atom is 0.305 e. The zero-order valence-corrected chi connectivity index (χ0v) is 10.6. The minimum atomic E-state index is -0.830. The minimum Gasteiger partial charge on any atom is -0.481 e. The minimum absolute atomic E-state index is 0.0434. The Morgan fingerprint density at radius 1 is 1.44 bits per heavy atom. The van der Waals surface area contributed by atoms with Gasteiger partial charge in [0.25, 0.3) is 0 Å². The molecule has 0 amide bonds. The number of likely N-dealkylation sites (tertiary alicyclic amines) is 1. The zero-order valence-electron chi connectivity index (χ0n) is 10.6. The molecule has 0 saturated carbocycles. The van der Waals surface area contributed by atoms with Gasteiger partial charge in [0.05, 0.1) is 12.5 Å². The Morgan fingerprint density at radius 2 is 2.17 bits per heavy atom. The molecular formula is C11H19N5O2. The van der Waals surface area contributed by atoms with Crippen LogP contribution in [0.3, 0.4) is 0 Å². The van der Waals surface area contributed by atoms with Crippen LogP contribution in [0.25, 0.3) is 0 Å². The fourth-order valence-electron chi connectivity index (χ4n) is 2.32. The van der Waals surface area contributed by atoms with Gasteiger partial charge in [-0.1, -0.05) is 0 Å². The second-order valence-electron chi connectivity index (χ2n) is 4.79. The number of aromatic nitrogens is 4.